The predicted molar refractivity (Wildman–Crippen MR) is 136 cm³/mol. The highest BCUT2D eigenvalue weighted by Gasteiger charge is 2.39. The van der Waals surface area contributed by atoms with E-state index in [1.54, 1.807) is 0 Å². The predicted octanol–water partition coefficient (Wildman–Crippen LogP) is 5.71. The van der Waals surface area contributed by atoms with Gasteiger partial charge in [-0.25, -0.2) is 13.6 Å². The third-order valence-corrected chi connectivity index (χ3v) is 7.46. The van der Waals surface area contributed by atoms with Gasteiger partial charge in [0.2, 0.25) is 0 Å². The second-order valence-corrected chi connectivity index (χ2v) is 10.2. The molecule has 0 spiro atoms. The fourth-order valence-electron chi connectivity index (χ4n) is 5.20. The fraction of sp³-hybridized carbons (Fsp3) is 0.222. The van der Waals surface area contributed by atoms with Gasteiger partial charge in [-0.05, 0) is 55.3 Å². The number of nitrogens with one attached hydrogen (secondary N) is 2. The van der Waals surface area contributed by atoms with Crippen molar-refractivity contribution in [1.82, 2.24) is 14.5 Å². The van der Waals surface area contributed by atoms with E-state index in [4.69, 9.17) is 11.6 Å². The van der Waals surface area contributed by atoms with Crippen LogP contribution >= 0.6 is 11.6 Å². The van der Waals surface area contributed by atoms with Crippen molar-refractivity contribution >= 4 is 40.1 Å². The van der Waals surface area contributed by atoms with Gasteiger partial charge in [0.15, 0.2) is 0 Å². The van der Waals surface area contributed by atoms with Gasteiger partial charge in [-0.2, -0.15) is 13.2 Å². The van der Waals surface area contributed by atoms with Gasteiger partial charge in [0, 0.05) is 40.5 Å². The Hall–Kier alpha value is -4.19. The molecule has 0 saturated heterocycles. The Labute approximate surface area is 227 Å². The first-order valence-electron chi connectivity index (χ1n) is 12.1. The topological polar surface area (TPSA) is 85.1 Å². The molecule has 7 nitrogen and oxygen atoms in total. The number of rotatable bonds is 4. The molecule has 1 aliphatic carbocycles. The van der Waals surface area contributed by atoms with E-state index in [0.29, 0.717) is 17.6 Å². The van der Waals surface area contributed by atoms with Crippen molar-refractivity contribution in [2.45, 2.75) is 31.1 Å². The number of aryl methyl sites for hydroxylation is 1. The molecule has 40 heavy (non-hydrogen) atoms. The highest BCUT2D eigenvalue weighted by atomic mass is 35.5. The Kier molecular flexibility index (Phi) is 5.81. The quantitative estimate of drug-likeness (QED) is 0.305. The van der Waals surface area contributed by atoms with Crippen LogP contribution in [0, 0.1) is 11.6 Å². The third-order valence-electron chi connectivity index (χ3n) is 7.12. The lowest BCUT2D eigenvalue weighted by Gasteiger charge is -2.19. The number of hydrogen-bond acceptors (Lipinski definition) is 3. The minimum atomic E-state index is -4.91. The molecular weight excluding hydrogens is 559 g/mol. The summed E-state index contributed by atoms with van der Waals surface area (Å²) in [5.41, 5.74) is -1.51. The Balaban J connectivity index is 1.58. The van der Waals surface area contributed by atoms with Crippen LogP contribution in [-0.2, 0) is 13.2 Å². The number of halogens is 6. The Morgan fingerprint density at radius 2 is 1.77 bits per heavy atom. The summed E-state index contributed by atoms with van der Waals surface area (Å²) in [5, 5.41) is 5.31. The van der Waals surface area contributed by atoms with Gasteiger partial charge in [-0.1, -0.05) is 11.6 Å². The number of benzene rings is 3. The second-order valence-electron chi connectivity index (χ2n) is 9.78. The number of anilines is 1. The zero-order chi connectivity index (χ0) is 28.7. The Morgan fingerprint density at radius 1 is 1.05 bits per heavy atom. The van der Waals surface area contributed by atoms with Gasteiger partial charge in [0.1, 0.15) is 11.6 Å². The largest absolute Gasteiger partial charge is 0.416 e. The summed E-state index contributed by atoms with van der Waals surface area (Å²) in [6.45, 7) is 0. The molecule has 13 heteroatoms. The van der Waals surface area contributed by atoms with Crippen LogP contribution < -0.4 is 16.3 Å². The van der Waals surface area contributed by atoms with Crippen molar-refractivity contribution in [3.05, 3.63) is 97.4 Å². The molecule has 1 aromatic heterocycles. The van der Waals surface area contributed by atoms with Gasteiger partial charge in [-0.15, -0.1) is 0 Å². The zero-order valence-corrected chi connectivity index (χ0v) is 21.3. The zero-order valence-electron chi connectivity index (χ0n) is 20.5. The molecule has 1 atom stereocenters. The number of nitrogens with zero attached hydrogens (tertiary/aromatic N) is 2. The lowest BCUT2D eigenvalue weighted by atomic mass is 9.95. The van der Waals surface area contributed by atoms with Crippen molar-refractivity contribution in [3.8, 4) is 0 Å². The maximum Gasteiger partial charge on any atom is 0.416 e. The first-order chi connectivity index (χ1) is 18.8. The van der Waals surface area contributed by atoms with E-state index in [9.17, 15) is 36.3 Å². The van der Waals surface area contributed by atoms with Crippen LogP contribution in [0.5, 0.6) is 0 Å². The average Bonchev–Trinajstić information content (AvgIpc) is 3.61. The molecule has 3 aromatic carbocycles. The number of amides is 2. The summed E-state index contributed by atoms with van der Waals surface area (Å²) in [4.78, 5) is 39.7. The molecule has 1 fully saturated rings. The Bertz CT molecular complexity index is 1820. The van der Waals surface area contributed by atoms with Crippen LogP contribution in [-0.4, -0.2) is 20.9 Å². The molecule has 2 aliphatic rings. The van der Waals surface area contributed by atoms with E-state index in [0.717, 1.165) is 25.0 Å². The first kappa shape index (κ1) is 26.1. The molecule has 6 rings (SSSR count). The van der Waals surface area contributed by atoms with Crippen LogP contribution in [0.25, 0.3) is 11.0 Å². The monoisotopic (exact) mass is 576 g/mol. The molecule has 2 N–H and O–H groups in total. The fourth-order valence-corrected chi connectivity index (χ4v) is 5.43. The number of carbonyl (C=O) groups excluding carboxylic acids is 2. The highest BCUT2D eigenvalue weighted by Crippen LogP contribution is 2.44. The van der Waals surface area contributed by atoms with Gasteiger partial charge in [-0.3, -0.25) is 18.7 Å². The summed E-state index contributed by atoms with van der Waals surface area (Å²) >= 11 is 6.34. The van der Waals surface area contributed by atoms with E-state index in [1.165, 1.54) is 28.3 Å². The minimum Gasteiger partial charge on any atom is -0.341 e. The van der Waals surface area contributed by atoms with E-state index in [-0.39, 0.29) is 45.0 Å². The third kappa shape index (κ3) is 4.14. The number of fused-ring (bicyclic) bond motifs is 3. The normalized spacial score (nSPS) is 16.8. The van der Waals surface area contributed by atoms with Crippen molar-refractivity contribution in [2.24, 2.45) is 7.05 Å². The van der Waals surface area contributed by atoms with E-state index in [1.807, 2.05) is 0 Å². The molecule has 4 aromatic rings. The van der Waals surface area contributed by atoms with Crippen molar-refractivity contribution in [2.75, 3.05) is 5.32 Å². The number of carbonyl (C=O) groups is 2. The maximum absolute atomic E-state index is 14.2. The van der Waals surface area contributed by atoms with E-state index in [2.05, 4.69) is 10.6 Å². The molecule has 2 amide bonds. The maximum atomic E-state index is 14.2. The highest BCUT2D eigenvalue weighted by molar-refractivity contribution is 6.31. The number of hydrogen-bond donors (Lipinski definition) is 2. The lowest BCUT2D eigenvalue weighted by Crippen LogP contribution is -2.22. The number of alkyl halides is 3. The Morgan fingerprint density at radius 3 is 2.45 bits per heavy atom. The van der Waals surface area contributed by atoms with Crippen molar-refractivity contribution in [3.63, 3.8) is 0 Å². The van der Waals surface area contributed by atoms with Crippen molar-refractivity contribution in [1.29, 1.82) is 0 Å². The molecule has 1 saturated carbocycles. The van der Waals surface area contributed by atoms with Crippen molar-refractivity contribution < 1.29 is 31.5 Å². The molecule has 1 unspecified atom stereocenters. The molecular formula is C27H18ClF5N4O3. The molecule has 1 aliphatic heterocycles. The van der Waals surface area contributed by atoms with Crippen LogP contribution in [0.3, 0.4) is 0 Å². The molecule has 0 radical (unpaired) electrons. The molecule has 206 valence electrons. The summed E-state index contributed by atoms with van der Waals surface area (Å²) < 4.78 is 71.0. The summed E-state index contributed by atoms with van der Waals surface area (Å²) in [5.74, 6) is -3.64. The van der Waals surface area contributed by atoms with Crippen LogP contribution in [0.15, 0.2) is 47.3 Å². The summed E-state index contributed by atoms with van der Waals surface area (Å²) in [6.07, 6.45) is -3.47. The summed E-state index contributed by atoms with van der Waals surface area (Å²) in [6, 6.07) is 5.17. The van der Waals surface area contributed by atoms with Crippen LogP contribution in [0.1, 0.15) is 62.3 Å². The standard InChI is InChI=1S/C27H18ClF5N4O3/c1-36-23-19(37(26(36)40)15-3-4-15)10-18(34-24(38)11-6-12(27(31,32)33)8-14(30)7-11)20-21(23)25(39)35-22(20)16-9-13(29)2-5-17(16)28/h2,5-10,15,22H,3-4H2,1H3,(H,34,38)(H,35,39). The van der Waals surface area contributed by atoms with E-state index < -0.39 is 52.5 Å². The first-order valence-corrected chi connectivity index (χ1v) is 12.5. The summed E-state index contributed by atoms with van der Waals surface area (Å²) in [7, 11) is 1.49. The lowest BCUT2D eigenvalue weighted by molar-refractivity contribution is -0.137. The number of imidazole rings is 1. The SMILES string of the molecule is Cn1c(=O)n(C2CC2)c2cc(NC(=O)c3cc(F)cc(C(F)(F)F)c3)c3c(c21)C(=O)NC3c1cc(F)ccc1Cl. The smallest absolute Gasteiger partial charge is 0.341 e. The van der Waals surface area contributed by atoms with Gasteiger partial charge in [0.25, 0.3) is 11.8 Å². The molecule has 2 heterocycles. The minimum absolute atomic E-state index is 0.0207. The van der Waals surface area contributed by atoms with Gasteiger partial charge in [0.05, 0.1) is 28.2 Å². The van der Waals surface area contributed by atoms with Crippen LogP contribution in [0.4, 0.5) is 27.6 Å². The second kappa shape index (κ2) is 8.91. The van der Waals surface area contributed by atoms with Crippen LogP contribution in [0.2, 0.25) is 5.02 Å². The van der Waals surface area contributed by atoms with Gasteiger partial charge < -0.3 is 10.6 Å². The van der Waals surface area contributed by atoms with Gasteiger partial charge >= 0.3 is 11.9 Å². The average molecular weight is 577 g/mol. The van der Waals surface area contributed by atoms with E-state index >= 15 is 0 Å². The molecule has 0 bridgehead atoms. The number of aromatic nitrogens is 2.